The van der Waals surface area contributed by atoms with Crippen LogP contribution in [0.3, 0.4) is 0 Å². The number of hydrogen-bond donors (Lipinski definition) is 2. The highest BCUT2D eigenvalue weighted by Crippen LogP contribution is 2.52. The van der Waals surface area contributed by atoms with Crippen LogP contribution >= 0.6 is 0 Å². The third kappa shape index (κ3) is 3.11. The number of halogens is 1. The van der Waals surface area contributed by atoms with Crippen molar-refractivity contribution in [3.8, 4) is 5.75 Å². The highest BCUT2D eigenvalue weighted by Gasteiger charge is 2.48. The Morgan fingerprint density at radius 3 is 2.58 bits per heavy atom. The molecule has 2 aliphatic rings. The summed E-state index contributed by atoms with van der Waals surface area (Å²) in [5.41, 5.74) is 2.04. The van der Waals surface area contributed by atoms with Crippen LogP contribution in [0, 0.1) is 11.2 Å². The Morgan fingerprint density at radius 2 is 2.00 bits per heavy atom. The predicted molar refractivity (Wildman–Crippen MR) is 95.0 cm³/mol. The molecule has 24 heavy (non-hydrogen) atoms. The van der Waals surface area contributed by atoms with Gasteiger partial charge in [0.1, 0.15) is 0 Å². The van der Waals surface area contributed by atoms with Crippen LogP contribution in [0.15, 0.2) is 12.1 Å². The zero-order chi connectivity index (χ0) is 17.5. The largest absolute Gasteiger partial charge is 0.494 e. The van der Waals surface area contributed by atoms with Crippen LogP contribution < -0.4 is 14.8 Å². The number of hydrogen-bond acceptors (Lipinski definition) is 3. The van der Waals surface area contributed by atoms with Gasteiger partial charge in [-0.2, -0.15) is 0 Å². The number of methoxy groups -OCH3 is 1. The molecule has 0 aromatic heterocycles. The Labute approximate surface area is 146 Å². The van der Waals surface area contributed by atoms with Crippen molar-refractivity contribution < 1.29 is 13.3 Å². The van der Waals surface area contributed by atoms with Crippen LogP contribution in [-0.4, -0.2) is 29.2 Å². The highest BCUT2D eigenvalue weighted by atomic mass is 32.2. The average Bonchev–Trinajstić information content (AvgIpc) is 2.79. The monoisotopic (exact) mass is 354 g/mol. The van der Waals surface area contributed by atoms with Crippen molar-refractivity contribution in [1.29, 1.82) is 0 Å². The molecule has 4 nitrogen and oxygen atoms in total. The topological polar surface area (TPSA) is 50.4 Å². The maximum absolute atomic E-state index is 14.3. The number of nitrogens with one attached hydrogen (secondary N) is 2. The molecule has 1 saturated heterocycles. The molecular weight excluding hydrogens is 327 g/mol. The number of benzene rings is 1. The first-order valence-electron chi connectivity index (χ1n) is 8.52. The van der Waals surface area contributed by atoms with E-state index in [0.717, 1.165) is 43.5 Å². The van der Waals surface area contributed by atoms with Gasteiger partial charge in [-0.05, 0) is 81.8 Å². The lowest BCUT2D eigenvalue weighted by molar-refractivity contribution is 0.164. The second kappa shape index (κ2) is 6.39. The quantitative estimate of drug-likeness (QED) is 0.878. The Kier molecular flexibility index (Phi) is 4.75. The minimum atomic E-state index is -1.20. The van der Waals surface area contributed by atoms with Gasteiger partial charge in [0.2, 0.25) is 0 Å². The molecule has 1 fully saturated rings. The number of fused-ring (bicyclic) bond motifs is 1. The lowest BCUT2D eigenvalue weighted by Gasteiger charge is -2.40. The van der Waals surface area contributed by atoms with Crippen molar-refractivity contribution in [3.05, 3.63) is 29.1 Å². The summed E-state index contributed by atoms with van der Waals surface area (Å²) < 4.78 is 35.2. The molecule has 134 valence electrons. The minimum Gasteiger partial charge on any atom is -0.494 e. The van der Waals surface area contributed by atoms with Crippen molar-refractivity contribution in [2.75, 3.05) is 20.2 Å². The van der Waals surface area contributed by atoms with Gasteiger partial charge in [-0.25, -0.2) is 13.3 Å². The van der Waals surface area contributed by atoms with E-state index < -0.39 is 11.0 Å². The van der Waals surface area contributed by atoms with E-state index in [1.807, 2.05) is 26.8 Å². The van der Waals surface area contributed by atoms with Crippen LogP contribution in [0.25, 0.3) is 0 Å². The maximum Gasteiger partial charge on any atom is 0.165 e. The Morgan fingerprint density at radius 1 is 1.33 bits per heavy atom. The molecule has 1 aromatic carbocycles. The Balaban J connectivity index is 2.01. The van der Waals surface area contributed by atoms with E-state index >= 15 is 0 Å². The van der Waals surface area contributed by atoms with Crippen LogP contribution in [0.5, 0.6) is 5.75 Å². The number of ether oxygens (including phenoxy) is 1. The maximum atomic E-state index is 14.3. The second-order valence-corrected chi connectivity index (χ2v) is 9.90. The summed E-state index contributed by atoms with van der Waals surface area (Å²) >= 11 is 0. The smallest absolute Gasteiger partial charge is 0.165 e. The van der Waals surface area contributed by atoms with Gasteiger partial charge in [0.15, 0.2) is 11.6 Å². The fourth-order valence-corrected chi connectivity index (χ4v) is 4.81. The molecule has 1 heterocycles. The van der Waals surface area contributed by atoms with Crippen LogP contribution in [0.4, 0.5) is 4.39 Å². The summed E-state index contributed by atoms with van der Waals surface area (Å²) in [5.74, 6) is -0.0639. The SMILES string of the molecule is COc1cc2c(cc1F)[C@@H](NS(=O)C(C)(C)C)C1(CCNCC1)C2. The van der Waals surface area contributed by atoms with E-state index in [9.17, 15) is 8.60 Å². The van der Waals surface area contributed by atoms with Gasteiger partial charge < -0.3 is 10.1 Å². The standard InChI is InChI=1S/C18H27FN2O2S/c1-17(2,3)24(22)21-16-13-10-14(19)15(23-4)9-12(13)11-18(16)5-7-20-8-6-18/h9-10,16,20-21H,5-8,11H2,1-4H3/t16-,24?/m1/s1. The van der Waals surface area contributed by atoms with Gasteiger partial charge in [-0.1, -0.05) is 0 Å². The lowest BCUT2D eigenvalue weighted by atomic mass is 9.73. The molecule has 1 spiro atoms. The Bertz CT molecular complexity index is 651. The molecule has 0 radical (unpaired) electrons. The molecule has 6 heteroatoms. The van der Waals surface area contributed by atoms with Gasteiger partial charge in [0, 0.05) is 0 Å². The average molecular weight is 354 g/mol. The van der Waals surface area contributed by atoms with Gasteiger partial charge in [0.05, 0.1) is 28.9 Å². The highest BCUT2D eigenvalue weighted by molar-refractivity contribution is 7.84. The first kappa shape index (κ1) is 17.8. The molecule has 1 aliphatic heterocycles. The zero-order valence-electron chi connectivity index (χ0n) is 14.9. The summed E-state index contributed by atoms with van der Waals surface area (Å²) in [5, 5.41) is 3.40. The van der Waals surface area contributed by atoms with E-state index in [1.165, 1.54) is 7.11 Å². The summed E-state index contributed by atoms with van der Waals surface area (Å²) in [6.07, 6.45) is 2.86. The molecule has 2 N–H and O–H groups in total. The van der Waals surface area contributed by atoms with Crippen LogP contribution in [0.2, 0.25) is 0 Å². The fourth-order valence-electron chi connectivity index (χ4n) is 3.86. The van der Waals surface area contributed by atoms with Gasteiger partial charge in [-0.15, -0.1) is 0 Å². The summed E-state index contributed by atoms with van der Waals surface area (Å²) in [6.45, 7) is 7.74. The van der Waals surface area contributed by atoms with E-state index in [0.29, 0.717) is 0 Å². The van der Waals surface area contributed by atoms with Crippen molar-refractivity contribution in [1.82, 2.24) is 10.0 Å². The van der Waals surface area contributed by atoms with E-state index in [-0.39, 0.29) is 27.8 Å². The van der Waals surface area contributed by atoms with Gasteiger partial charge in [-0.3, -0.25) is 0 Å². The van der Waals surface area contributed by atoms with Crippen molar-refractivity contribution in [3.63, 3.8) is 0 Å². The van der Waals surface area contributed by atoms with Gasteiger partial charge >= 0.3 is 0 Å². The van der Waals surface area contributed by atoms with E-state index in [1.54, 1.807) is 6.07 Å². The first-order valence-corrected chi connectivity index (χ1v) is 9.67. The third-order valence-corrected chi connectivity index (χ3v) is 6.82. The first-order chi connectivity index (χ1) is 11.3. The van der Waals surface area contributed by atoms with Gasteiger partial charge in [0.25, 0.3) is 0 Å². The normalized spacial score (nSPS) is 24.0. The second-order valence-electron chi connectivity index (χ2n) is 7.91. The molecule has 1 aliphatic carbocycles. The predicted octanol–water partition coefficient (Wildman–Crippen LogP) is 2.85. The summed E-state index contributed by atoms with van der Waals surface area (Å²) in [6, 6.07) is 3.30. The molecule has 1 unspecified atom stereocenters. The molecule has 2 atom stereocenters. The molecule has 1 aromatic rings. The zero-order valence-corrected chi connectivity index (χ0v) is 15.7. The molecule has 0 bridgehead atoms. The lowest BCUT2D eigenvalue weighted by Crippen LogP contribution is -2.46. The van der Waals surface area contributed by atoms with Crippen LogP contribution in [-0.2, 0) is 17.4 Å². The third-order valence-electron chi connectivity index (χ3n) is 5.26. The summed E-state index contributed by atoms with van der Waals surface area (Å²) in [7, 11) is 0.291. The van der Waals surface area contributed by atoms with E-state index in [4.69, 9.17) is 4.74 Å². The fraction of sp³-hybridized carbons (Fsp3) is 0.667. The minimum absolute atomic E-state index is 0.00665. The van der Waals surface area contributed by atoms with Crippen molar-refractivity contribution >= 4 is 11.0 Å². The molecular formula is C18H27FN2O2S. The van der Waals surface area contributed by atoms with Crippen LogP contribution in [0.1, 0.15) is 50.8 Å². The number of piperidine rings is 1. The molecule has 0 amide bonds. The molecule has 0 saturated carbocycles. The van der Waals surface area contributed by atoms with Crippen molar-refractivity contribution in [2.24, 2.45) is 5.41 Å². The van der Waals surface area contributed by atoms with E-state index in [2.05, 4.69) is 10.0 Å². The Hall–Kier alpha value is -0.980. The molecule has 3 rings (SSSR count). The van der Waals surface area contributed by atoms with Crippen molar-refractivity contribution in [2.45, 2.75) is 50.8 Å². The number of rotatable bonds is 3. The summed E-state index contributed by atoms with van der Waals surface area (Å²) in [4.78, 5) is 0.